The van der Waals surface area contributed by atoms with E-state index in [1.807, 2.05) is 0 Å². The number of hydrogen-bond acceptors (Lipinski definition) is 1. The van der Waals surface area contributed by atoms with Crippen LogP contribution in [0.4, 0.5) is 13.2 Å². The van der Waals surface area contributed by atoms with Gasteiger partial charge in [0.25, 0.3) is 0 Å². The van der Waals surface area contributed by atoms with E-state index in [4.69, 9.17) is 0 Å². The van der Waals surface area contributed by atoms with Gasteiger partial charge in [0.05, 0.1) is 17.5 Å². The lowest BCUT2D eigenvalue weighted by molar-refractivity contribution is -0.137. The van der Waals surface area contributed by atoms with Crippen LogP contribution in [0.25, 0.3) is 11.3 Å². The van der Waals surface area contributed by atoms with E-state index in [2.05, 4.69) is 4.98 Å². The number of aromatic nitrogens is 2. The van der Waals surface area contributed by atoms with E-state index in [9.17, 15) is 13.2 Å². The van der Waals surface area contributed by atoms with Crippen LogP contribution in [-0.2, 0) is 13.2 Å². The summed E-state index contributed by atoms with van der Waals surface area (Å²) >= 11 is 0. The number of hydrogen-bond donors (Lipinski definition) is 0. The molecule has 90 valence electrons. The Hall–Kier alpha value is -1.78. The molecule has 0 aliphatic rings. The fourth-order valence-electron chi connectivity index (χ4n) is 1.63. The number of nitrogens with zero attached hydrogens (tertiary/aromatic N) is 2. The quantitative estimate of drug-likeness (QED) is 0.746. The normalized spacial score (nSPS) is 11.8. The van der Waals surface area contributed by atoms with E-state index >= 15 is 0 Å². The highest BCUT2D eigenvalue weighted by atomic mass is 19.4. The van der Waals surface area contributed by atoms with E-state index in [1.165, 1.54) is 6.07 Å². The zero-order valence-corrected chi connectivity index (χ0v) is 9.42. The minimum absolute atomic E-state index is 0.517. The van der Waals surface area contributed by atoms with Crippen LogP contribution in [0, 0.1) is 6.92 Å². The van der Waals surface area contributed by atoms with Gasteiger partial charge in [-0.2, -0.15) is 13.2 Å². The Labute approximate surface area is 96.7 Å². The molecule has 0 saturated carbocycles. The third-order valence-corrected chi connectivity index (χ3v) is 2.71. The molecule has 0 aliphatic heterocycles. The minimum Gasteiger partial charge on any atom is -0.331 e. The molecule has 1 aromatic heterocycles. The van der Waals surface area contributed by atoms with Crippen molar-refractivity contribution in [2.75, 3.05) is 0 Å². The molecule has 0 amide bonds. The second-order valence-corrected chi connectivity index (χ2v) is 3.83. The zero-order valence-electron chi connectivity index (χ0n) is 9.42. The lowest BCUT2D eigenvalue weighted by Gasteiger charge is -2.09. The van der Waals surface area contributed by atoms with Gasteiger partial charge in [-0.05, 0) is 19.1 Å². The largest absolute Gasteiger partial charge is 0.416 e. The van der Waals surface area contributed by atoms with Crippen molar-refractivity contribution >= 4 is 0 Å². The molecular weight excluding hydrogens is 229 g/mol. The van der Waals surface area contributed by atoms with Crippen LogP contribution >= 0.6 is 0 Å². The molecule has 0 fully saturated rings. The number of alkyl halides is 3. The summed E-state index contributed by atoms with van der Waals surface area (Å²) in [5, 5.41) is 0. The molecule has 0 radical (unpaired) electrons. The predicted octanol–water partition coefficient (Wildman–Crippen LogP) is 3.41. The summed E-state index contributed by atoms with van der Waals surface area (Å²) in [5.74, 6) is 0.761. The number of aryl methyl sites for hydroxylation is 1. The summed E-state index contributed by atoms with van der Waals surface area (Å²) < 4.78 is 39.5. The van der Waals surface area contributed by atoms with Gasteiger partial charge in [0.1, 0.15) is 5.82 Å². The summed E-state index contributed by atoms with van der Waals surface area (Å²) in [6.45, 7) is 1.80. The molecule has 1 aromatic carbocycles. The first kappa shape index (κ1) is 11.7. The first-order valence-electron chi connectivity index (χ1n) is 5.05. The van der Waals surface area contributed by atoms with E-state index in [0.717, 1.165) is 18.0 Å². The minimum atomic E-state index is -4.32. The Morgan fingerprint density at radius 3 is 2.47 bits per heavy atom. The van der Waals surface area contributed by atoms with Crippen molar-refractivity contribution < 1.29 is 13.2 Å². The fourth-order valence-corrected chi connectivity index (χ4v) is 1.63. The van der Waals surface area contributed by atoms with Crippen LogP contribution in [-0.4, -0.2) is 9.55 Å². The Morgan fingerprint density at radius 1 is 1.24 bits per heavy atom. The Balaban J connectivity index is 2.51. The Kier molecular flexibility index (Phi) is 2.69. The molecule has 0 N–H and O–H groups in total. The first-order valence-corrected chi connectivity index (χ1v) is 5.05. The van der Waals surface area contributed by atoms with Crippen molar-refractivity contribution in [3.63, 3.8) is 0 Å². The predicted molar refractivity (Wildman–Crippen MR) is 58.4 cm³/mol. The number of benzene rings is 1. The van der Waals surface area contributed by atoms with Gasteiger partial charge in [-0.15, -0.1) is 0 Å². The van der Waals surface area contributed by atoms with Crippen LogP contribution in [0.5, 0.6) is 0 Å². The first-order chi connectivity index (χ1) is 7.89. The maximum Gasteiger partial charge on any atom is 0.416 e. The number of halogens is 3. The van der Waals surface area contributed by atoms with Gasteiger partial charge in [0.2, 0.25) is 0 Å². The van der Waals surface area contributed by atoms with E-state index in [-0.39, 0.29) is 0 Å². The van der Waals surface area contributed by atoms with Crippen molar-refractivity contribution in [3.05, 3.63) is 41.9 Å². The molecule has 2 aromatic rings. The van der Waals surface area contributed by atoms with Gasteiger partial charge < -0.3 is 4.57 Å². The molecule has 0 bridgehead atoms. The average Bonchev–Trinajstić information content (AvgIpc) is 2.59. The molecule has 0 atom stereocenters. The molecule has 0 saturated heterocycles. The topological polar surface area (TPSA) is 17.8 Å². The summed E-state index contributed by atoms with van der Waals surface area (Å²) in [6.07, 6.45) is -2.74. The lowest BCUT2D eigenvalue weighted by atomic mass is 10.1. The molecule has 5 heteroatoms. The fraction of sp³-hybridized carbons (Fsp3) is 0.250. The lowest BCUT2D eigenvalue weighted by Crippen LogP contribution is -2.05. The van der Waals surface area contributed by atoms with Gasteiger partial charge in [-0.3, -0.25) is 0 Å². The maximum absolute atomic E-state index is 12.6. The van der Waals surface area contributed by atoms with Crippen molar-refractivity contribution in [3.8, 4) is 11.3 Å². The number of rotatable bonds is 1. The molecule has 0 spiro atoms. The zero-order chi connectivity index (χ0) is 12.6. The Morgan fingerprint density at radius 2 is 1.94 bits per heavy atom. The smallest absolute Gasteiger partial charge is 0.331 e. The highest BCUT2D eigenvalue weighted by molar-refractivity contribution is 5.60. The average molecular weight is 240 g/mol. The molecular formula is C12H11F3N2. The van der Waals surface area contributed by atoms with Crippen LogP contribution < -0.4 is 0 Å². The van der Waals surface area contributed by atoms with Crippen LogP contribution in [0.15, 0.2) is 30.5 Å². The molecule has 0 aliphatic carbocycles. The van der Waals surface area contributed by atoms with Crippen LogP contribution in [0.3, 0.4) is 0 Å². The third kappa shape index (κ3) is 2.18. The van der Waals surface area contributed by atoms with E-state index in [1.54, 1.807) is 30.8 Å². The summed E-state index contributed by atoms with van der Waals surface area (Å²) in [7, 11) is 1.78. The Bertz CT molecular complexity index is 541. The second-order valence-electron chi connectivity index (χ2n) is 3.83. The van der Waals surface area contributed by atoms with Gasteiger partial charge in [-0.25, -0.2) is 4.98 Å². The monoisotopic (exact) mass is 240 g/mol. The van der Waals surface area contributed by atoms with Gasteiger partial charge in [0.15, 0.2) is 0 Å². The van der Waals surface area contributed by atoms with Crippen molar-refractivity contribution in [2.24, 2.45) is 7.05 Å². The van der Waals surface area contributed by atoms with Crippen molar-refractivity contribution in [2.45, 2.75) is 13.1 Å². The molecule has 2 nitrogen and oxygen atoms in total. The SMILES string of the molecule is Cc1ncc(-c2cccc(C(F)(F)F)c2)n1C. The van der Waals surface area contributed by atoms with Gasteiger partial charge in [0, 0.05) is 12.6 Å². The van der Waals surface area contributed by atoms with E-state index < -0.39 is 11.7 Å². The van der Waals surface area contributed by atoms with Crippen molar-refractivity contribution in [1.29, 1.82) is 0 Å². The molecule has 0 unspecified atom stereocenters. The number of imidazole rings is 1. The second kappa shape index (κ2) is 3.91. The highest BCUT2D eigenvalue weighted by Gasteiger charge is 2.30. The van der Waals surface area contributed by atoms with Gasteiger partial charge in [-0.1, -0.05) is 12.1 Å². The van der Waals surface area contributed by atoms with E-state index in [0.29, 0.717) is 11.3 Å². The van der Waals surface area contributed by atoms with Crippen LogP contribution in [0.1, 0.15) is 11.4 Å². The molecule has 2 rings (SSSR count). The van der Waals surface area contributed by atoms with Crippen LogP contribution in [0.2, 0.25) is 0 Å². The summed E-state index contributed by atoms with van der Waals surface area (Å²) in [5.41, 5.74) is 0.547. The van der Waals surface area contributed by atoms with Gasteiger partial charge >= 0.3 is 6.18 Å². The highest BCUT2D eigenvalue weighted by Crippen LogP contribution is 2.32. The summed E-state index contributed by atoms with van der Waals surface area (Å²) in [4.78, 5) is 4.07. The molecule has 1 heterocycles. The summed E-state index contributed by atoms with van der Waals surface area (Å²) in [6, 6.07) is 5.25. The maximum atomic E-state index is 12.6. The standard InChI is InChI=1S/C12H11F3N2/c1-8-16-7-11(17(8)2)9-4-3-5-10(6-9)12(13,14)15/h3-7H,1-2H3. The van der Waals surface area contributed by atoms with Crippen molar-refractivity contribution in [1.82, 2.24) is 9.55 Å². The third-order valence-electron chi connectivity index (χ3n) is 2.71. The molecule has 17 heavy (non-hydrogen) atoms.